The molecule has 6 aromatic heterocycles. The molecule has 94 heavy (non-hydrogen) atoms. The number of allylic oxidation sites excluding steroid dienone is 16. The number of hydrogen-bond donors (Lipinski definition) is 0. The molecule has 16 rings (SSSR count). The van der Waals surface area contributed by atoms with Crippen molar-refractivity contribution in [3.63, 3.8) is 0 Å². The Hall–Kier alpha value is -12.1. The summed E-state index contributed by atoms with van der Waals surface area (Å²) < 4.78 is 11.5. The van der Waals surface area contributed by atoms with Crippen molar-refractivity contribution in [2.75, 3.05) is 0 Å². The topological polar surface area (TPSA) is 74.0 Å². The van der Waals surface area contributed by atoms with Gasteiger partial charge in [0.05, 0.1) is 45.0 Å². The number of aromatic nitrogens is 5. The van der Waals surface area contributed by atoms with Gasteiger partial charge in [-0.25, -0.2) is 0 Å². The van der Waals surface area contributed by atoms with E-state index in [-0.39, 0.29) is 0 Å². The molecule has 11 aromatic rings. The number of fused-ring (bicyclic) bond motifs is 9. The third-order valence-corrected chi connectivity index (χ3v) is 18.3. The van der Waals surface area contributed by atoms with Gasteiger partial charge in [0.2, 0.25) is 0 Å². The monoisotopic (exact) mass is 1210 g/mol. The van der Waals surface area contributed by atoms with Crippen LogP contribution in [-0.4, -0.2) is 35.8 Å². The number of pyridine rings is 3. The predicted octanol–water partition coefficient (Wildman–Crippen LogP) is 21.5. The van der Waals surface area contributed by atoms with Gasteiger partial charge in [-0.3, -0.25) is 19.9 Å². The molecule has 1 aliphatic heterocycles. The second-order valence-electron chi connectivity index (χ2n) is 24.2. The molecule has 0 saturated carbocycles. The summed E-state index contributed by atoms with van der Waals surface area (Å²) in [5.74, 6) is 0. The van der Waals surface area contributed by atoms with Crippen molar-refractivity contribution in [3.05, 3.63) is 340 Å². The number of nitrogens with zero attached hydrogens (tertiary/aromatic N) is 6. The zero-order valence-corrected chi connectivity index (χ0v) is 52.2. The SMILES string of the molecule is CC/C=C\C=C(/CC1=Cc2c3c(n(-c4ccc5oc6ccc(-n7c8ccc(C9=CCCC=C9c9ccccn9)cc8c8cc(-c9ccccc9-c9ccccn9)ccc87)cc6c5c4)c2C=C=C1)C=C=CC(C1=C=C(c2ccccn2)/C=C\C=C=C1)=C=C3)C1(C)CC=CC=N1. The maximum absolute atomic E-state index is 6.79. The second-order valence-corrected chi connectivity index (χ2v) is 24.2. The first kappa shape index (κ1) is 57.1. The molecule has 0 spiro atoms. The Balaban J connectivity index is 0.864. The zero-order chi connectivity index (χ0) is 63.0. The fourth-order valence-electron chi connectivity index (χ4n) is 13.7. The largest absolute Gasteiger partial charge is 0.456 e. The molecule has 1 atom stereocenters. The molecule has 0 amide bonds. The highest BCUT2D eigenvalue weighted by molar-refractivity contribution is 6.14. The molecule has 7 heteroatoms. The molecule has 0 radical (unpaired) electrons. The summed E-state index contributed by atoms with van der Waals surface area (Å²) in [7, 11) is 0. The van der Waals surface area contributed by atoms with Crippen LogP contribution < -0.4 is 0 Å². The predicted molar refractivity (Wildman–Crippen MR) is 389 cm³/mol. The van der Waals surface area contributed by atoms with Gasteiger partial charge in [-0.2, -0.15) is 0 Å². The van der Waals surface area contributed by atoms with E-state index in [1.807, 2.05) is 91.6 Å². The van der Waals surface area contributed by atoms with Gasteiger partial charge in [0.1, 0.15) is 11.2 Å². The highest BCUT2D eigenvalue weighted by Gasteiger charge is 2.29. The van der Waals surface area contributed by atoms with Crippen LogP contribution in [0.5, 0.6) is 0 Å². The summed E-state index contributed by atoms with van der Waals surface area (Å²) in [5.41, 5.74) is 41.8. The van der Waals surface area contributed by atoms with E-state index < -0.39 is 5.54 Å². The van der Waals surface area contributed by atoms with Crippen LogP contribution in [-0.2, 0) is 0 Å². The van der Waals surface area contributed by atoms with Crippen molar-refractivity contribution >= 4 is 91.0 Å². The fraction of sp³-hybridized carbons (Fsp3) is 0.0920. The summed E-state index contributed by atoms with van der Waals surface area (Å²) in [4.78, 5) is 19.4. The van der Waals surface area contributed by atoms with Gasteiger partial charge in [-0.1, -0.05) is 104 Å². The van der Waals surface area contributed by atoms with Crippen molar-refractivity contribution in [2.45, 2.75) is 51.5 Å². The van der Waals surface area contributed by atoms with Crippen LogP contribution in [0.25, 0.3) is 119 Å². The minimum absolute atomic E-state index is 0.392. The molecule has 5 aliphatic rings. The summed E-state index contributed by atoms with van der Waals surface area (Å²) >= 11 is 0. The second kappa shape index (κ2) is 24.6. The molecular formula is C87H62N6O. The van der Waals surface area contributed by atoms with Gasteiger partial charge < -0.3 is 13.6 Å². The molecule has 7 heterocycles. The van der Waals surface area contributed by atoms with Crippen LogP contribution >= 0.6 is 0 Å². The first-order chi connectivity index (χ1) is 46.4. The van der Waals surface area contributed by atoms with Crippen LogP contribution in [0.2, 0.25) is 0 Å². The Bertz CT molecular complexity index is 5600. The van der Waals surface area contributed by atoms with E-state index in [0.717, 1.165) is 171 Å². The number of hydrogen-bond acceptors (Lipinski definition) is 5. The van der Waals surface area contributed by atoms with Crippen LogP contribution in [0.3, 0.4) is 0 Å². The molecule has 7 nitrogen and oxygen atoms in total. The molecule has 0 fully saturated rings. The number of benzene rings is 5. The fourth-order valence-corrected chi connectivity index (χ4v) is 13.7. The highest BCUT2D eigenvalue weighted by Crippen LogP contribution is 2.44. The van der Waals surface area contributed by atoms with E-state index in [2.05, 4.69) is 245 Å². The minimum atomic E-state index is -0.392. The molecule has 446 valence electrons. The summed E-state index contributed by atoms with van der Waals surface area (Å²) in [6.45, 7) is 4.40. The van der Waals surface area contributed by atoms with Crippen LogP contribution in [0.1, 0.15) is 85.4 Å². The quantitative estimate of drug-likeness (QED) is 0.0852. The minimum Gasteiger partial charge on any atom is -0.456 e. The standard InChI is InChI=1S/C87H62N6O/c1-3-4-6-27-65(87(2)47-16-20-51-91-87)52-59-23-21-35-82-73(53-59)72-42-37-60(61-24-7-5-8-25-64(54-61)78-32-13-17-48-88-78)26-22-36-81(72)92(82)66-40-45-85-76(57-66)77-58-67(41-46-86(77)94-85)93-83-43-38-62(68-28-9-11-30-70(68)79-33-14-18-49-89-79)55-74(83)75-56-63(39-44-84(75)93)69-29-10-12-31-71(69)80-34-15-19-50-90-80/h4-6,8-9,11,13-20,23-36,38-46,48-51,53,55-58H,3,10,12,47,52H2,1-2H3/b6-4-,25-8-,65-27+. The number of furan rings is 1. The third-order valence-electron chi connectivity index (χ3n) is 18.3. The Morgan fingerprint density at radius 3 is 1.96 bits per heavy atom. The lowest BCUT2D eigenvalue weighted by Gasteiger charge is -2.29. The molecule has 0 saturated heterocycles. The smallest absolute Gasteiger partial charge is 0.135 e. The number of aliphatic imine (C=N–C) groups is 1. The van der Waals surface area contributed by atoms with E-state index in [0.29, 0.717) is 6.42 Å². The molecule has 0 bridgehead atoms. The van der Waals surface area contributed by atoms with Gasteiger partial charge in [0.15, 0.2) is 0 Å². The van der Waals surface area contributed by atoms with Gasteiger partial charge in [-0.05, 0) is 218 Å². The van der Waals surface area contributed by atoms with Crippen molar-refractivity contribution < 1.29 is 4.42 Å². The molecule has 0 N–H and O–H groups in total. The van der Waals surface area contributed by atoms with E-state index >= 15 is 0 Å². The van der Waals surface area contributed by atoms with Crippen LogP contribution in [0, 0.1) is 0 Å². The summed E-state index contributed by atoms with van der Waals surface area (Å²) in [6, 6.07) is 53.8. The summed E-state index contributed by atoms with van der Waals surface area (Å²) in [6.07, 6.45) is 48.1. The van der Waals surface area contributed by atoms with Crippen LogP contribution in [0.15, 0.2) is 310 Å². The Kier molecular flexibility index (Phi) is 14.9. The van der Waals surface area contributed by atoms with Gasteiger partial charge in [0.25, 0.3) is 0 Å². The van der Waals surface area contributed by atoms with Crippen molar-refractivity contribution in [2.24, 2.45) is 4.99 Å². The maximum Gasteiger partial charge on any atom is 0.135 e. The molecule has 5 aromatic carbocycles. The van der Waals surface area contributed by atoms with Gasteiger partial charge >= 0.3 is 0 Å². The van der Waals surface area contributed by atoms with Crippen molar-refractivity contribution in [1.82, 2.24) is 24.1 Å². The first-order valence-corrected chi connectivity index (χ1v) is 32.2. The molecular weight excluding hydrogens is 1140 g/mol. The highest BCUT2D eigenvalue weighted by atomic mass is 16.3. The lowest BCUT2D eigenvalue weighted by atomic mass is 9.83. The van der Waals surface area contributed by atoms with Crippen molar-refractivity contribution in [1.29, 1.82) is 0 Å². The molecule has 4 aliphatic carbocycles. The molecule has 1 unspecified atom stereocenters. The Labute approximate surface area is 546 Å². The van der Waals surface area contributed by atoms with Crippen LogP contribution in [0.4, 0.5) is 0 Å². The van der Waals surface area contributed by atoms with Gasteiger partial charge in [0, 0.05) is 109 Å². The Morgan fingerprint density at radius 1 is 0.574 bits per heavy atom. The Morgan fingerprint density at radius 2 is 1.23 bits per heavy atom. The number of rotatable bonds is 13. The van der Waals surface area contributed by atoms with Crippen molar-refractivity contribution in [3.8, 4) is 33.8 Å². The van der Waals surface area contributed by atoms with E-state index in [1.54, 1.807) is 0 Å². The normalized spacial score (nSPS) is 16.9. The van der Waals surface area contributed by atoms with E-state index in [1.165, 1.54) is 11.1 Å². The average molecular weight is 1210 g/mol. The lowest BCUT2D eigenvalue weighted by molar-refractivity contribution is 0.547. The summed E-state index contributed by atoms with van der Waals surface area (Å²) in [5, 5.41) is 4.32. The average Bonchev–Trinajstić information content (AvgIpc) is 1.58. The van der Waals surface area contributed by atoms with E-state index in [4.69, 9.17) is 19.4 Å². The maximum atomic E-state index is 6.79. The van der Waals surface area contributed by atoms with E-state index in [9.17, 15) is 0 Å². The van der Waals surface area contributed by atoms with Gasteiger partial charge in [-0.15, -0.1) is 28.7 Å². The number of dihydropyridines is 1. The first-order valence-electron chi connectivity index (χ1n) is 32.2. The zero-order valence-electron chi connectivity index (χ0n) is 52.2. The third kappa shape index (κ3) is 10.7. The lowest BCUT2D eigenvalue weighted by Crippen LogP contribution is -2.26.